The van der Waals surface area contributed by atoms with E-state index in [1.54, 1.807) is 0 Å². The first-order valence-corrected chi connectivity index (χ1v) is 8.82. The van der Waals surface area contributed by atoms with E-state index in [1.807, 2.05) is 35.6 Å². The second-order valence-corrected chi connectivity index (χ2v) is 8.01. The van der Waals surface area contributed by atoms with Crippen LogP contribution in [0, 0.1) is 11.3 Å². The first kappa shape index (κ1) is 14.8. The Labute approximate surface area is 137 Å². The Kier molecular flexibility index (Phi) is 4.44. The van der Waals surface area contributed by atoms with Gasteiger partial charge in [0, 0.05) is 17.0 Å². The lowest BCUT2D eigenvalue weighted by Crippen LogP contribution is -2.27. The second-order valence-electron chi connectivity index (χ2n) is 5.50. The molecule has 2 unspecified atom stereocenters. The van der Waals surface area contributed by atoms with Crippen LogP contribution in [0.3, 0.4) is 0 Å². The fourth-order valence-electron chi connectivity index (χ4n) is 2.94. The molecule has 3 rings (SSSR count). The number of hydrogen-bond acceptors (Lipinski definition) is 3. The van der Waals surface area contributed by atoms with E-state index in [-0.39, 0.29) is 6.04 Å². The monoisotopic (exact) mass is 360 g/mol. The molecule has 2 atom stereocenters. The Bertz CT molecular complexity index is 669. The summed E-state index contributed by atoms with van der Waals surface area (Å²) in [6.45, 7) is 2.19. The van der Waals surface area contributed by atoms with Gasteiger partial charge in [-0.25, -0.2) is 0 Å². The van der Waals surface area contributed by atoms with Gasteiger partial charge in [-0.3, -0.25) is 0 Å². The number of aryl methyl sites for hydroxylation is 1. The minimum Gasteiger partial charge on any atom is -0.303 e. The van der Waals surface area contributed by atoms with Crippen LogP contribution in [0.1, 0.15) is 53.4 Å². The lowest BCUT2D eigenvalue weighted by molar-refractivity contribution is 0.418. The highest BCUT2D eigenvalue weighted by Crippen LogP contribution is 2.38. The Morgan fingerprint density at radius 1 is 1.38 bits per heavy atom. The topological polar surface area (TPSA) is 35.8 Å². The summed E-state index contributed by atoms with van der Waals surface area (Å²) in [6.07, 6.45) is 3.64. The number of fused-ring (bicyclic) bond motifs is 1. The van der Waals surface area contributed by atoms with Gasteiger partial charge in [-0.2, -0.15) is 5.26 Å². The van der Waals surface area contributed by atoms with Gasteiger partial charge in [-0.05, 0) is 71.4 Å². The van der Waals surface area contributed by atoms with E-state index in [2.05, 4.69) is 40.3 Å². The van der Waals surface area contributed by atoms with Crippen molar-refractivity contribution >= 4 is 27.3 Å². The average molecular weight is 361 g/mol. The molecule has 0 amide bonds. The third kappa shape index (κ3) is 3.21. The van der Waals surface area contributed by atoms with Crippen molar-refractivity contribution in [1.29, 1.82) is 5.26 Å². The van der Waals surface area contributed by atoms with E-state index < -0.39 is 0 Å². The largest absolute Gasteiger partial charge is 0.303 e. The minimum absolute atomic E-state index is 0.285. The molecule has 1 heterocycles. The summed E-state index contributed by atoms with van der Waals surface area (Å²) in [5.74, 6) is 0. The van der Waals surface area contributed by atoms with E-state index in [1.165, 1.54) is 39.1 Å². The van der Waals surface area contributed by atoms with Gasteiger partial charge in [-0.15, -0.1) is 11.3 Å². The van der Waals surface area contributed by atoms with Gasteiger partial charge in [0.2, 0.25) is 0 Å². The number of nitrogens with zero attached hydrogens (tertiary/aromatic N) is 1. The van der Waals surface area contributed by atoms with Crippen LogP contribution in [0.5, 0.6) is 0 Å². The van der Waals surface area contributed by atoms with Crippen LogP contribution in [0.25, 0.3) is 0 Å². The highest BCUT2D eigenvalue weighted by molar-refractivity contribution is 9.11. The lowest BCUT2D eigenvalue weighted by atomic mass is 9.93. The van der Waals surface area contributed by atoms with Gasteiger partial charge < -0.3 is 5.32 Å². The molecule has 1 aliphatic rings. The molecule has 108 valence electrons. The molecule has 2 nitrogen and oxygen atoms in total. The summed E-state index contributed by atoms with van der Waals surface area (Å²) in [4.78, 5) is 1.51. The highest BCUT2D eigenvalue weighted by Gasteiger charge is 2.24. The van der Waals surface area contributed by atoms with Crippen LogP contribution in [0.2, 0.25) is 0 Å². The maximum Gasteiger partial charge on any atom is 0.0991 e. The van der Waals surface area contributed by atoms with Crippen molar-refractivity contribution in [2.75, 3.05) is 0 Å². The third-order valence-electron chi connectivity index (χ3n) is 4.07. The van der Waals surface area contributed by atoms with Crippen molar-refractivity contribution in [3.05, 3.63) is 55.7 Å². The standard InChI is InChI=1S/C17H17BrN2S/c1-11(13-7-5-12(10-19)6-8-13)20-15-3-2-4-16-14(15)9-17(18)21-16/h5-9,11,15,20H,2-4H2,1H3. The first-order valence-electron chi connectivity index (χ1n) is 7.21. The normalized spacial score (nSPS) is 18.8. The predicted octanol–water partition coefficient (Wildman–Crippen LogP) is 5.11. The van der Waals surface area contributed by atoms with Gasteiger partial charge in [0.25, 0.3) is 0 Å². The van der Waals surface area contributed by atoms with Crippen LogP contribution in [0.15, 0.2) is 34.1 Å². The summed E-state index contributed by atoms with van der Waals surface area (Å²) in [5, 5.41) is 12.6. The zero-order valence-electron chi connectivity index (χ0n) is 11.9. The van der Waals surface area contributed by atoms with Gasteiger partial charge in [0.1, 0.15) is 0 Å². The molecule has 0 radical (unpaired) electrons. The van der Waals surface area contributed by atoms with E-state index >= 15 is 0 Å². The van der Waals surface area contributed by atoms with Crippen molar-refractivity contribution < 1.29 is 0 Å². The Balaban J connectivity index is 1.75. The van der Waals surface area contributed by atoms with Crippen LogP contribution < -0.4 is 5.32 Å². The molecule has 1 aromatic carbocycles. The summed E-state index contributed by atoms with van der Waals surface area (Å²) in [5.41, 5.74) is 3.40. The molecule has 21 heavy (non-hydrogen) atoms. The molecule has 0 spiro atoms. The number of nitriles is 1. The van der Waals surface area contributed by atoms with E-state index in [4.69, 9.17) is 5.26 Å². The molecule has 2 aromatic rings. The number of halogens is 1. The molecule has 0 saturated heterocycles. The van der Waals surface area contributed by atoms with Crippen LogP contribution in [-0.2, 0) is 6.42 Å². The molecular formula is C17H17BrN2S. The minimum atomic E-state index is 0.285. The summed E-state index contributed by atoms with van der Waals surface area (Å²) in [6, 6.07) is 13.0. The molecular weight excluding hydrogens is 344 g/mol. The van der Waals surface area contributed by atoms with Gasteiger partial charge in [-0.1, -0.05) is 12.1 Å². The van der Waals surface area contributed by atoms with Crippen molar-refractivity contribution in [3.63, 3.8) is 0 Å². The molecule has 0 bridgehead atoms. The molecule has 0 aliphatic heterocycles. The second kappa shape index (κ2) is 6.31. The first-order chi connectivity index (χ1) is 10.2. The average Bonchev–Trinajstić information content (AvgIpc) is 2.88. The zero-order valence-corrected chi connectivity index (χ0v) is 14.3. The summed E-state index contributed by atoms with van der Waals surface area (Å²) in [7, 11) is 0. The molecule has 1 aliphatic carbocycles. The fourth-order valence-corrected chi connectivity index (χ4v) is 4.76. The van der Waals surface area contributed by atoms with Gasteiger partial charge in [0.05, 0.1) is 15.4 Å². The predicted molar refractivity (Wildman–Crippen MR) is 90.4 cm³/mol. The summed E-state index contributed by atoms with van der Waals surface area (Å²) < 4.78 is 1.23. The van der Waals surface area contributed by atoms with Crippen LogP contribution >= 0.6 is 27.3 Å². The number of benzene rings is 1. The number of hydrogen-bond donors (Lipinski definition) is 1. The third-order valence-corrected chi connectivity index (χ3v) is 5.79. The Hall–Kier alpha value is -1.15. The Morgan fingerprint density at radius 3 is 2.86 bits per heavy atom. The van der Waals surface area contributed by atoms with Crippen LogP contribution in [0.4, 0.5) is 0 Å². The number of thiophene rings is 1. The molecule has 0 saturated carbocycles. The smallest absolute Gasteiger partial charge is 0.0991 e. The van der Waals surface area contributed by atoms with E-state index in [0.717, 1.165) is 0 Å². The van der Waals surface area contributed by atoms with Crippen molar-refractivity contribution in [2.24, 2.45) is 0 Å². The molecule has 1 N–H and O–H groups in total. The maximum absolute atomic E-state index is 8.87. The van der Waals surface area contributed by atoms with Crippen molar-refractivity contribution in [2.45, 2.75) is 38.3 Å². The SMILES string of the molecule is CC(NC1CCCc2sc(Br)cc21)c1ccc(C#N)cc1. The molecule has 4 heteroatoms. The lowest BCUT2D eigenvalue weighted by Gasteiger charge is -2.27. The number of nitrogens with one attached hydrogen (secondary N) is 1. The van der Waals surface area contributed by atoms with Crippen molar-refractivity contribution in [3.8, 4) is 6.07 Å². The fraction of sp³-hybridized carbons (Fsp3) is 0.353. The van der Waals surface area contributed by atoms with Crippen LogP contribution in [-0.4, -0.2) is 0 Å². The van der Waals surface area contributed by atoms with E-state index in [9.17, 15) is 0 Å². The molecule has 1 aromatic heterocycles. The highest BCUT2D eigenvalue weighted by atomic mass is 79.9. The molecule has 0 fully saturated rings. The quantitative estimate of drug-likeness (QED) is 0.825. The Morgan fingerprint density at radius 2 is 2.14 bits per heavy atom. The summed E-state index contributed by atoms with van der Waals surface area (Å²) >= 11 is 5.47. The zero-order chi connectivity index (χ0) is 14.8. The van der Waals surface area contributed by atoms with E-state index in [0.29, 0.717) is 11.6 Å². The van der Waals surface area contributed by atoms with Gasteiger partial charge in [0.15, 0.2) is 0 Å². The number of rotatable bonds is 3. The van der Waals surface area contributed by atoms with Crippen molar-refractivity contribution in [1.82, 2.24) is 5.32 Å². The van der Waals surface area contributed by atoms with Gasteiger partial charge >= 0.3 is 0 Å². The maximum atomic E-state index is 8.87.